The predicted octanol–water partition coefficient (Wildman–Crippen LogP) is -2.05. The smallest absolute Gasteiger partial charge is 0.339 e. The van der Waals surface area contributed by atoms with Gasteiger partial charge in [0.25, 0.3) is 0 Å². The fourth-order valence-electron chi connectivity index (χ4n) is 1.56. The SMILES string of the molecule is COC(=O)C(O)(CC(=O)OCC[N+](C)(C)C)CC(=O)OC(=O)CN.[Fe]. The Labute approximate surface area is 156 Å². The van der Waals surface area contributed by atoms with Gasteiger partial charge >= 0.3 is 23.9 Å². The Morgan fingerprint density at radius 1 is 1.04 bits per heavy atom. The Hall–Kier alpha value is -1.52. The Balaban J connectivity index is 0. The molecule has 146 valence electrons. The van der Waals surface area contributed by atoms with E-state index in [2.05, 4.69) is 9.47 Å². The van der Waals surface area contributed by atoms with Crippen molar-refractivity contribution in [3.8, 4) is 0 Å². The minimum atomic E-state index is -2.49. The van der Waals surface area contributed by atoms with E-state index in [1.54, 1.807) is 0 Å². The molecule has 0 aromatic carbocycles. The van der Waals surface area contributed by atoms with E-state index in [0.717, 1.165) is 7.11 Å². The van der Waals surface area contributed by atoms with Crippen molar-refractivity contribution in [3.05, 3.63) is 0 Å². The van der Waals surface area contributed by atoms with Crippen molar-refractivity contribution >= 4 is 23.9 Å². The first kappa shape index (κ1) is 25.7. The maximum absolute atomic E-state index is 11.8. The number of nitrogens with two attached hydrogens (primary N) is 1. The summed E-state index contributed by atoms with van der Waals surface area (Å²) in [6.07, 6.45) is -1.77. The van der Waals surface area contributed by atoms with Crippen LogP contribution in [0.4, 0.5) is 0 Å². The number of quaternary nitrogens is 1. The zero-order chi connectivity index (χ0) is 19.0. The largest absolute Gasteiger partial charge is 0.467 e. The average molecular weight is 405 g/mol. The van der Waals surface area contributed by atoms with Crippen molar-refractivity contribution < 1.29 is 60.0 Å². The molecule has 0 bridgehead atoms. The van der Waals surface area contributed by atoms with Gasteiger partial charge in [0.15, 0.2) is 5.60 Å². The number of methoxy groups -OCH3 is 1. The fourth-order valence-corrected chi connectivity index (χ4v) is 1.56. The van der Waals surface area contributed by atoms with Crippen molar-refractivity contribution in [2.45, 2.75) is 18.4 Å². The molecule has 0 rings (SSSR count). The van der Waals surface area contributed by atoms with Gasteiger partial charge < -0.3 is 29.5 Å². The number of ether oxygens (including phenoxy) is 3. The van der Waals surface area contributed by atoms with E-state index in [-0.39, 0.29) is 23.7 Å². The van der Waals surface area contributed by atoms with Gasteiger partial charge in [-0.15, -0.1) is 0 Å². The van der Waals surface area contributed by atoms with Crippen molar-refractivity contribution in [3.63, 3.8) is 0 Å². The van der Waals surface area contributed by atoms with Crippen molar-refractivity contribution in [1.82, 2.24) is 0 Å². The number of hydrogen-bond acceptors (Lipinski definition) is 9. The van der Waals surface area contributed by atoms with Crippen LogP contribution in [0.1, 0.15) is 12.8 Å². The van der Waals surface area contributed by atoms with Gasteiger partial charge in [0, 0.05) is 17.1 Å². The molecule has 0 aliphatic heterocycles. The summed E-state index contributed by atoms with van der Waals surface area (Å²) in [6, 6.07) is 0. The zero-order valence-electron chi connectivity index (χ0n) is 14.7. The first-order chi connectivity index (χ1) is 10.9. The Bertz CT molecular complexity index is 492. The van der Waals surface area contributed by atoms with Crippen molar-refractivity contribution in [2.75, 3.05) is 47.9 Å². The van der Waals surface area contributed by atoms with Gasteiger partial charge in [-0.05, 0) is 0 Å². The standard InChI is InChI=1S/C14H25N2O8.Fe/c1-16(2,3)5-6-23-10(17)7-14(21,13(20)22-4)8-11(18)24-12(19)9-15;/h21H,5-9,15H2,1-4H3;/q+1;. The molecule has 0 spiro atoms. The van der Waals surface area contributed by atoms with Gasteiger partial charge in [-0.3, -0.25) is 14.4 Å². The Kier molecular flexibility index (Phi) is 11.5. The first-order valence-corrected chi connectivity index (χ1v) is 7.14. The van der Waals surface area contributed by atoms with E-state index in [1.165, 1.54) is 0 Å². The summed E-state index contributed by atoms with van der Waals surface area (Å²) < 4.78 is 14.1. The van der Waals surface area contributed by atoms with Crippen LogP contribution in [0.3, 0.4) is 0 Å². The molecule has 0 saturated carbocycles. The maximum atomic E-state index is 11.8. The molecular weight excluding hydrogens is 380 g/mol. The predicted molar refractivity (Wildman–Crippen MR) is 80.2 cm³/mol. The molecular formula is C14H25FeN2O8+. The molecule has 0 aromatic heterocycles. The van der Waals surface area contributed by atoms with Crippen LogP contribution in [0.15, 0.2) is 0 Å². The minimum absolute atomic E-state index is 0. The number of carbonyl (C=O) groups is 4. The first-order valence-electron chi connectivity index (χ1n) is 7.14. The molecule has 1 unspecified atom stereocenters. The second-order valence-corrected chi connectivity index (χ2v) is 6.16. The molecule has 0 fully saturated rings. The summed E-state index contributed by atoms with van der Waals surface area (Å²) in [5, 5.41) is 10.2. The number of hydrogen-bond donors (Lipinski definition) is 2. The normalized spacial score (nSPS) is 13.0. The number of aliphatic hydroxyl groups is 1. The van der Waals surface area contributed by atoms with E-state index in [0.29, 0.717) is 11.0 Å². The number of rotatable bonds is 9. The van der Waals surface area contributed by atoms with Gasteiger partial charge in [-0.2, -0.15) is 0 Å². The third-order valence-electron chi connectivity index (χ3n) is 2.86. The number of esters is 4. The molecule has 11 heteroatoms. The molecule has 3 N–H and O–H groups in total. The summed E-state index contributed by atoms with van der Waals surface area (Å²) in [7, 11) is 6.65. The van der Waals surface area contributed by atoms with Crippen molar-refractivity contribution in [2.24, 2.45) is 5.73 Å². The zero-order valence-corrected chi connectivity index (χ0v) is 15.8. The molecule has 0 radical (unpaired) electrons. The molecule has 0 aliphatic rings. The van der Waals surface area contributed by atoms with Crippen LogP contribution >= 0.6 is 0 Å². The second-order valence-electron chi connectivity index (χ2n) is 6.16. The fraction of sp³-hybridized carbons (Fsp3) is 0.714. The maximum Gasteiger partial charge on any atom is 0.339 e. The third kappa shape index (κ3) is 10.8. The van der Waals surface area contributed by atoms with Gasteiger partial charge in [-0.1, -0.05) is 0 Å². The number of nitrogens with zero attached hydrogens (tertiary/aromatic N) is 1. The summed E-state index contributed by atoms with van der Waals surface area (Å²) >= 11 is 0. The quantitative estimate of drug-likeness (QED) is 0.146. The van der Waals surface area contributed by atoms with Crippen LogP contribution in [-0.2, 0) is 50.5 Å². The van der Waals surface area contributed by atoms with E-state index >= 15 is 0 Å². The Morgan fingerprint density at radius 3 is 2.00 bits per heavy atom. The summed E-state index contributed by atoms with van der Waals surface area (Å²) in [6.45, 7) is 0.0284. The van der Waals surface area contributed by atoms with Crippen LogP contribution in [0.2, 0.25) is 0 Å². The van der Waals surface area contributed by atoms with Crippen LogP contribution in [-0.4, -0.2) is 87.0 Å². The van der Waals surface area contributed by atoms with Crippen LogP contribution in [0.25, 0.3) is 0 Å². The number of carbonyl (C=O) groups excluding carboxylic acids is 4. The molecule has 0 heterocycles. The summed E-state index contributed by atoms with van der Waals surface area (Å²) in [5.41, 5.74) is 2.49. The molecule has 0 aliphatic carbocycles. The van der Waals surface area contributed by atoms with Gasteiger partial charge in [0.1, 0.15) is 13.2 Å². The second kappa shape index (κ2) is 11.2. The molecule has 0 aromatic rings. The molecule has 1 atom stereocenters. The summed E-state index contributed by atoms with van der Waals surface area (Å²) in [4.78, 5) is 46.0. The molecule has 0 amide bonds. The Morgan fingerprint density at radius 2 is 1.56 bits per heavy atom. The minimum Gasteiger partial charge on any atom is -0.467 e. The van der Waals surface area contributed by atoms with E-state index < -0.39 is 48.9 Å². The monoisotopic (exact) mass is 405 g/mol. The molecule has 10 nitrogen and oxygen atoms in total. The van der Waals surface area contributed by atoms with E-state index in [9.17, 15) is 24.3 Å². The topological polar surface area (TPSA) is 142 Å². The molecule has 25 heavy (non-hydrogen) atoms. The summed E-state index contributed by atoms with van der Waals surface area (Å²) in [5.74, 6) is -4.35. The van der Waals surface area contributed by atoms with Gasteiger partial charge in [-0.25, -0.2) is 4.79 Å². The third-order valence-corrected chi connectivity index (χ3v) is 2.86. The van der Waals surface area contributed by atoms with Crippen LogP contribution < -0.4 is 5.73 Å². The van der Waals surface area contributed by atoms with E-state index in [1.807, 2.05) is 21.1 Å². The van der Waals surface area contributed by atoms with Crippen LogP contribution in [0.5, 0.6) is 0 Å². The average Bonchev–Trinajstić information content (AvgIpc) is 2.44. The van der Waals surface area contributed by atoms with Gasteiger partial charge in [0.05, 0.1) is 47.6 Å². The number of likely N-dealkylation sites (N-methyl/N-ethyl adjacent to an activating group) is 1. The van der Waals surface area contributed by atoms with Crippen LogP contribution in [0, 0.1) is 0 Å². The van der Waals surface area contributed by atoms with Gasteiger partial charge in [0.2, 0.25) is 0 Å². The van der Waals surface area contributed by atoms with Crippen molar-refractivity contribution in [1.29, 1.82) is 0 Å². The van der Waals surface area contributed by atoms with E-state index in [4.69, 9.17) is 10.5 Å². The molecule has 0 saturated heterocycles.